The van der Waals surface area contributed by atoms with E-state index in [1.54, 1.807) is 0 Å². The first-order valence-electron chi connectivity index (χ1n) is 7.71. The molecule has 2 N–H and O–H groups in total. The zero-order valence-electron chi connectivity index (χ0n) is 12.9. The molecule has 0 spiro atoms. The molecule has 0 atom stereocenters. The highest BCUT2D eigenvalue weighted by atomic mass is 16.2. The van der Waals surface area contributed by atoms with Crippen LogP contribution in [0.15, 0.2) is 18.2 Å². The van der Waals surface area contributed by atoms with E-state index in [-0.39, 0.29) is 24.3 Å². The van der Waals surface area contributed by atoms with Crippen LogP contribution in [0.3, 0.4) is 0 Å². The molecule has 4 heteroatoms. The van der Waals surface area contributed by atoms with Gasteiger partial charge < -0.3 is 10.6 Å². The van der Waals surface area contributed by atoms with Crippen LogP contribution in [0.5, 0.6) is 0 Å². The minimum absolute atomic E-state index is 0.0198. The van der Waals surface area contributed by atoms with Crippen molar-refractivity contribution < 1.29 is 9.59 Å². The number of amides is 2. The summed E-state index contributed by atoms with van der Waals surface area (Å²) in [5, 5.41) is 5.64. The summed E-state index contributed by atoms with van der Waals surface area (Å²) in [6.45, 7) is 3.97. The second-order valence-corrected chi connectivity index (χ2v) is 5.87. The van der Waals surface area contributed by atoms with Gasteiger partial charge in [-0.1, -0.05) is 37.5 Å². The van der Waals surface area contributed by atoms with E-state index in [0.29, 0.717) is 0 Å². The predicted molar refractivity (Wildman–Crippen MR) is 84.1 cm³/mol. The Morgan fingerprint density at radius 1 is 1.10 bits per heavy atom. The maximum absolute atomic E-state index is 12.0. The SMILES string of the molecule is Cc1cccc(C)c1NC(=O)CNC(=O)C1CCCCC1. The lowest BCUT2D eigenvalue weighted by Crippen LogP contribution is -2.37. The van der Waals surface area contributed by atoms with Gasteiger partial charge in [-0.3, -0.25) is 9.59 Å². The normalized spacial score (nSPS) is 15.5. The molecule has 0 bridgehead atoms. The van der Waals surface area contributed by atoms with E-state index in [1.807, 2.05) is 32.0 Å². The third-order valence-corrected chi connectivity index (χ3v) is 4.14. The van der Waals surface area contributed by atoms with Crippen LogP contribution in [0.25, 0.3) is 0 Å². The fourth-order valence-electron chi connectivity index (χ4n) is 2.87. The molecular weight excluding hydrogens is 264 g/mol. The lowest BCUT2D eigenvalue weighted by Gasteiger charge is -2.20. The number of carbonyl (C=O) groups excluding carboxylic acids is 2. The van der Waals surface area contributed by atoms with E-state index >= 15 is 0 Å². The van der Waals surface area contributed by atoms with Crippen LogP contribution in [0.1, 0.15) is 43.2 Å². The summed E-state index contributed by atoms with van der Waals surface area (Å²) in [5.41, 5.74) is 2.90. The molecule has 1 aliphatic carbocycles. The van der Waals surface area contributed by atoms with Crippen molar-refractivity contribution in [3.05, 3.63) is 29.3 Å². The molecule has 21 heavy (non-hydrogen) atoms. The third kappa shape index (κ3) is 4.31. The molecule has 1 saturated carbocycles. The highest BCUT2D eigenvalue weighted by molar-refractivity contribution is 5.95. The Hall–Kier alpha value is -1.84. The highest BCUT2D eigenvalue weighted by Crippen LogP contribution is 2.23. The molecule has 114 valence electrons. The summed E-state index contributed by atoms with van der Waals surface area (Å²) in [5.74, 6) is -0.0605. The van der Waals surface area contributed by atoms with E-state index in [9.17, 15) is 9.59 Å². The standard InChI is InChI=1S/C17H24N2O2/c1-12-7-6-8-13(2)16(12)19-15(20)11-18-17(21)14-9-4-3-5-10-14/h6-8,14H,3-5,9-11H2,1-2H3,(H,18,21)(H,19,20). The molecule has 4 nitrogen and oxygen atoms in total. The maximum atomic E-state index is 12.0. The average molecular weight is 288 g/mol. The smallest absolute Gasteiger partial charge is 0.243 e. The molecule has 0 heterocycles. The summed E-state index contributed by atoms with van der Waals surface area (Å²) < 4.78 is 0. The summed E-state index contributed by atoms with van der Waals surface area (Å²) in [4.78, 5) is 24.0. The Morgan fingerprint density at radius 2 is 1.71 bits per heavy atom. The van der Waals surface area contributed by atoms with Gasteiger partial charge in [-0.05, 0) is 37.8 Å². The highest BCUT2D eigenvalue weighted by Gasteiger charge is 2.21. The fourth-order valence-corrected chi connectivity index (χ4v) is 2.87. The molecule has 2 rings (SSSR count). The zero-order valence-corrected chi connectivity index (χ0v) is 12.9. The maximum Gasteiger partial charge on any atom is 0.243 e. The fraction of sp³-hybridized carbons (Fsp3) is 0.529. The lowest BCUT2D eigenvalue weighted by molar-refractivity contribution is -0.128. The van der Waals surface area contributed by atoms with E-state index in [4.69, 9.17) is 0 Å². The number of rotatable bonds is 4. The summed E-state index contributed by atoms with van der Waals surface area (Å²) >= 11 is 0. The van der Waals surface area contributed by atoms with Crippen LogP contribution < -0.4 is 10.6 Å². The summed E-state index contributed by atoms with van der Waals surface area (Å²) in [6.07, 6.45) is 5.35. The number of aryl methyl sites for hydroxylation is 2. The number of hydrogen-bond acceptors (Lipinski definition) is 2. The molecule has 0 aliphatic heterocycles. The number of carbonyl (C=O) groups is 2. The molecule has 0 radical (unpaired) electrons. The molecule has 1 aromatic carbocycles. The minimum atomic E-state index is -0.170. The second kappa shape index (κ2) is 7.25. The first-order valence-corrected chi connectivity index (χ1v) is 7.71. The van der Waals surface area contributed by atoms with Crippen LogP contribution in [-0.4, -0.2) is 18.4 Å². The van der Waals surface area contributed by atoms with Crippen LogP contribution >= 0.6 is 0 Å². The Kier molecular flexibility index (Phi) is 5.37. The van der Waals surface area contributed by atoms with Crippen molar-refractivity contribution in [3.8, 4) is 0 Å². The molecule has 1 aliphatic rings. The molecule has 2 amide bonds. The predicted octanol–water partition coefficient (Wildman–Crippen LogP) is 2.94. The van der Waals surface area contributed by atoms with Crippen molar-refractivity contribution in [2.75, 3.05) is 11.9 Å². The Morgan fingerprint density at radius 3 is 2.33 bits per heavy atom. The van der Waals surface area contributed by atoms with E-state index in [1.165, 1.54) is 6.42 Å². The Labute approximate surface area is 126 Å². The van der Waals surface area contributed by atoms with Crippen LogP contribution in [0.4, 0.5) is 5.69 Å². The third-order valence-electron chi connectivity index (χ3n) is 4.14. The first-order chi connectivity index (χ1) is 10.1. The number of hydrogen-bond donors (Lipinski definition) is 2. The Bertz CT molecular complexity index is 499. The summed E-state index contributed by atoms with van der Waals surface area (Å²) in [7, 11) is 0. The van der Waals surface area contributed by atoms with Crippen LogP contribution in [0, 0.1) is 19.8 Å². The van der Waals surface area contributed by atoms with Gasteiger partial charge in [0.15, 0.2) is 0 Å². The lowest BCUT2D eigenvalue weighted by atomic mass is 9.89. The number of para-hydroxylation sites is 1. The topological polar surface area (TPSA) is 58.2 Å². The number of nitrogens with one attached hydrogen (secondary N) is 2. The number of anilines is 1. The van der Waals surface area contributed by atoms with E-state index < -0.39 is 0 Å². The molecular formula is C17H24N2O2. The zero-order chi connectivity index (χ0) is 15.2. The van der Waals surface area contributed by atoms with Gasteiger partial charge in [0, 0.05) is 11.6 Å². The summed E-state index contributed by atoms with van der Waals surface area (Å²) in [6, 6.07) is 5.89. The molecule has 0 aromatic heterocycles. The van der Waals surface area contributed by atoms with Crippen molar-refractivity contribution in [1.29, 1.82) is 0 Å². The van der Waals surface area contributed by atoms with E-state index in [0.717, 1.165) is 42.5 Å². The van der Waals surface area contributed by atoms with Gasteiger partial charge >= 0.3 is 0 Å². The Balaban J connectivity index is 1.83. The van der Waals surface area contributed by atoms with Gasteiger partial charge in [0.2, 0.25) is 11.8 Å². The minimum Gasteiger partial charge on any atom is -0.347 e. The van der Waals surface area contributed by atoms with Crippen molar-refractivity contribution in [2.45, 2.75) is 46.0 Å². The monoisotopic (exact) mass is 288 g/mol. The number of benzene rings is 1. The molecule has 1 aromatic rings. The molecule has 0 saturated heterocycles. The quantitative estimate of drug-likeness (QED) is 0.895. The van der Waals surface area contributed by atoms with Gasteiger partial charge in [-0.15, -0.1) is 0 Å². The van der Waals surface area contributed by atoms with Gasteiger partial charge in [0.25, 0.3) is 0 Å². The first kappa shape index (κ1) is 15.5. The van der Waals surface area contributed by atoms with Gasteiger partial charge in [-0.2, -0.15) is 0 Å². The average Bonchev–Trinajstić information content (AvgIpc) is 2.49. The molecule has 0 unspecified atom stereocenters. The van der Waals surface area contributed by atoms with Crippen molar-refractivity contribution in [2.24, 2.45) is 5.92 Å². The van der Waals surface area contributed by atoms with Crippen molar-refractivity contribution in [1.82, 2.24) is 5.32 Å². The van der Waals surface area contributed by atoms with Crippen LogP contribution in [-0.2, 0) is 9.59 Å². The van der Waals surface area contributed by atoms with Gasteiger partial charge in [0.1, 0.15) is 0 Å². The van der Waals surface area contributed by atoms with Gasteiger partial charge in [-0.25, -0.2) is 0 Å². The van der Waals surface area contributed by atoms with Gasteiger partial charge in [0.05, 0.1) is 6.54 Å². The second-order valence-electron chi connectivity index (χ2n) is 5.87. The van der Waals surface area contributed by atoms with Crippen molar-refractivity contribution in [3.63, 3.8) is 0 Å². The van der Waals surface area contributed by atoms with E-state index in [2.05, 4.69) is 10.6 Å². The largest absolute Gasteiger partial charge is 0.347 e. The van der Waals surface area contributed by atoms with Crippen molar-refractivity contribution >= 4 is 17.5 Å². The molecule has 1 fully saturated rings. The van der Waals surface area contributed by atoms with Crippen LogP contribution in [0.2, 0.25) is 0 Å².